The average Bonchev–Trinajstić information content (AvgIpc) is 2.53. The van der Waals surface area contributed by atoms with E-state index in [1.54, 1.807) is 0 Å². The highest BCUT2D eigenvalue weighted by Crippen LogP contribution is 2.43. The van der Waals surface area contributed by atoms with E-state index in [0.717, 1.165) is 35.7 Å². The summed E-state index contributed by atoms with van der Waals surface area (Å²) in [6, 6.07) is 7.91. The first-order chi connectivity index (χ1) is 11.8. The van der Waals surface area contributed by atoms with E-state index in [1.165, 1.54) is 0 Å². The Balaban J connectivity index is 1.98. The van der Waals surface area contributed by atoms with E-state index in [1.807, 2.05) is 36.2 Å². The van der Waals surface area contributed by atoms with Crippen molar-refractivity contribution in [1.29, 1.82) is 0 Å². The van der Waals surface area contributed by atoms with Crippen molar-refractivity contribution in [1.82, 2.24) is 4.90 Å². The monoisotopic (exact) mass is 439 g/mol. The highest BCUT2D eigenvalue weighted by Gasteiger charge is 2.44. The molecule has 26 heavy (non-hydrogen) atoms. The third kappa shape index (κ3) is 4.99. The molecule has 146 valence electrons. The van der Waals surface area contributed by atoms with Crippen LogP contribution in [0.25, 0.3) is 0 Å². The molecule has 0 saturated heterocycles. The topological polar surface area (TPSA) is 29.5 Å². The summed E-state index contributed by atoms with van der Waals surface area (Å²) in [4.78, 5) is 14.7. The third-order valence-electron chi connectivity index (χ3n) is 6.28. The van der Waals surface area contributed by atoms with E-state index in [9.17, 15) is 4.79 Å². The lowest BCUT2D eigenvalue weighted by molar-refractivity contribution is 0.00963. The van der Waals surface area contributed by atoms with Gasteiger partial charge in [-0.1, -0.05) is 36.7 Å². The van der Waals surface area contributed by atoms with Crippen LogP contribution in [0.4, 0.5) is 0 Å². The number of carbonyl (C=O) groups excluding carboxylic acids is 1. The van der Waals surface area contributed by atoms with Crippen molar-refractivity contribution in [2.75, 3.05) is 7.05 Å². The van der Waals surface area contributed by atoms with Gasteiger partial charge in [0.05, 0.1) is 5.60 Å². The molecule has 2 rings (SSSR count). The molecule has 0 bridgehead atoms. The number of carbonyl (C=O) groups is 1. The van der Waals surface area contributed by atoms with Gasteiger partial charge >= 0.3 is 0 Å². The van der Waals surface area contributed by atoms with E-state index in [2.05, 4.69) is 56.7 Å². The Morgan fingerprint density at radius 3 is 2.15 bits per heavy atom. The molecule has 1 saturated carbocycles. The number of hydrogen-bond acceptors (Lipinski definition) is 2. The molecular weight excluding hydrogens is 406 g/mol. The van der Waals surface area contributed by atoms with Crippen LogP contribution in [0.1, 0.15) is 63.7 Å². The second-order valence-electron chi connectivity index (χ2n) is 9.47. The molecule has 1 aromatic carbocycles. The first-order valence-corrected chi connectivity index (χ1v) is 13.3. The lowest BCUT2D eigenvalue weighted by Gasteiger charge is -2.48. The van der Waals surface area contributed by atoms with Crippen molar-refractivity contribution in [2.45, 2.75) is 83.2 Å². The zero-order valence-electron chi connectivity index (χ0n) is 17.4. The van der Waals surface area contributed by atoms with E-state index in [0.29, 0.717) is 6.04 Å². The second-order valence-corrected chi connectivity index (χ2v) is 15.1. The zero-order chi connectivity index (χ0) is 19.8. The molecule has 1 fully saturated rings. The molecule has 1 aromatic rings. The first kappa shape index (κ1) is 21.6. The highest BCUT2D eigenvalue weighted by atomic mass is 79.9. The van der Waals surface area contributed by atoms with E-state index in [-0.39, 0.29) is 16.5 Å². The predicted molar refractivity (Wildman–Crippen MR) is 115 cm³/mol. The summed E-state index contributed by atoms with van der Waals surface area (Å²) in [5, 5.41) is 0.223. The zero-order valence-corrected chi connectivity index (χ0v) is 19.9. The molecule has 0 aliphatic heterocycles. The Hall–Kier alpha value is -0.653. The minimum Gasteiger partial charge on any atom is -0.412 e. The number of rotatable bonds is 4. The molecule has 1 aliphatic rings. The van der Waals surface area contributed by atoms with Crippen molar-refractivity contribution >= 4 is 30.2 Å². The Kier molecular flexibility index (Phi) is 6.46. The predicted octanol–water partition coefficient (Wildman–Crippen LogP) is 6.24. The van der Waals surface area contributed by atoms with Crippen molar-refractivity contribution in [2.24, 2.45) is 0 Å². The van der Waals surface area contributed by atoms with Gasteiger partial charge in [-0.3, -0.25) is 4.79 Å². The molecule has 0 radical (unpaired) electrons. The largest absolute Gasteiger partial charge is 0.412 e. The van der Waals surface area contributed by atoms with E-state index < -0.39 is 8.32 Å². The summed E-state index contributed by atoms with van der Waals surface area (Å²) in [5.74, 6) is 0.108. The van der Waals surface area contributed by atoms with Crippen LogP contribution in [0, 0.1) is 0 Å². The lowest BCUT2D eigenvalue weighted by atomic mass is 9.83. The molecule has 1 amide bonds. The number of nitrogens with zero attached hydrogens (tertiary/aromatic N) is 1. The highest BCUT2D eigenvalue weighted by molar-refractivity contribution is 9.10. The standard InChI is InChI=1S/C21H34BrNO2Si/c1-20(2,3)26(6,7)25-21(4)14-12-18(13-15-21)23(5)19(24)16-8-10-17(22)11-9-16/h8-11,18H,12-15H2,1-7H3. The minimum atomic E-state index is -1.78. The van der Waals surface area contributed by atoms with Gasteiger partial charge in [-0.15, -0.1) is 0 Å². The Labute approximate surface area is 168 Å². The van der Waals surface area contributed by atoms with Gasteiger partial charge in [-0.2, -0.15) is 0 Å². The molecule has 0 spiro atoms. The molecular formula is C21H34BrNO2Si. The quantitative estimate of drug-likeness (QED) is 0.519. The number of amides is 1. The fraction of sp³-hybridized carbons (Fsp3) is 0.667. The van der Waals surface area contributed by atoms with Gasteiger partial charge in [-0.05, 0) is 75.0 Å². The van der Waals surface area contributed by atoms with Crippen LogP contribution in [-0.4, -0.2) is 37.8 Å². The Morgan fingerprint density at radius 1 is 1.19 bits per heavy atom. The van der Waals surface area contributed by atoms with E-state index in [4.69, 9.17) is 4.43 Å². The summed E-state index contributed by atoms with van der Waals surface area (Å²) in [6.45, 7) is 13.8. The first-order valence-electron chi connectivity index (χ1n) is 9.58. The minimum absolute atomic E-state index is 0.0546. The van der Waals surface area contributed by atoms with Crippen LogP contribution in [0.2, 0.25) is 18.1 Å². The van der Waals surface area contributed by atoms with Gasteiger partial charge < -0.3 is 9.33 Å². The smallest absolute Gasteiger partial charge is 0.253 e. The molecule has 0 atom stereocenters. The van der Waals surface area contributed by atoms with Gasteiger partial charge in [0.1, 0.15) is 0 Å². The maximum atomic E-state index is 12.8. The maximum Gasteiger partial charge on any atom is 0.253 e. The van der Waals surface area contributed by atoms with Crippen molar-refractivity contribution in [3.8, 4) is 0 Å². The second kappa shape index (κ2) is 7.76. The number of halogens is 1. The Morgan fingerprint density at radius 2 is 1.69 bits per heavy atom. The lowest BCUT2D eigenvalue weighted by Crippen LogP contribution is -2.51. The molecule has 0 N–H and O–H groups in total. The number of hydrogen-bond donors (Lipinski definition) is 0. The normalized spacial score (nSPS) is 24.4. The summed E-state index contributed by atoms with van der Waals surface area (Å²) in [7, 11) is 0.158. The van der Waals surface area contributed by atoms with Gasteiger partial charge in [0.25, 0.3) is 5.91 Å². The van der Waals surface area contributed by atoms with Gasteiger partial charge in [0, 0.05) is 23.1 Å². The Bertz CT molecular complexity index is 628. The number of benzene rings is 1. The fourth-order valence-corrected chi connectivity index (χ4v) is 5.44. The van der Waals surface area contributed by atoms with Crippen LogP contribution < -0.4 is 0 Å². The summed E-state index contributed by atoms with van der Waals surface area (Å²) in [5.41, 5.74) is 0.697. The summed E-state index contributed by atoms with van der Waals surface area (Å²) < 4.78 is 7.74. The van der Waals surface area contributed by atoms with Crippen LogP contribution in [-0.2, 0) is 4.43 Å². The fourth-order valence-electron chi connectivity index (χ4n) is 3.43. The van der Waals surface area contributed by atoms with Gasteiger partial charge in [0.15, 0.2) is 8.32 Å². The van der Waals surface area contributed by atoms with E-state index >= 15 is 0 Å². The molecule has 3 nitrogen and oxygen atoms in total. The van der Waals surface area contributed by atoms with Gasteiger partial charge in [0.2, 0.25) is 0 Å². The van der Waals surface area contributed by atoms with Crippen molar-refractivity contribution < 1.29 is 9.22 Å². The summed E-state index contributed by atoms with van der Waals surface area (Å²) in [6.07, 6.45) is 4.04. The van der Waals surface area contributed by atoms with Crippen LogP contribution >= 0.6 is 15.9 Å². The summed E-state index contributed by atoms with van der Waals surface area (Å²) >= 11 is 3.42. The van der Waals surface area contributed by atoms with Crippen LogP contribution in [0.15, 0.2) is 28.7 Å². The van der Waals surface area contributed by atoms with Gasteiger partial charge in [-0.25, -0.2) is 0 Å². The molecule has 1 aliphatic carbocycles. The average molecular weight is 440 g/mol. The van der Waals surface area contributed by atoms with Crippen molar-refractivity contribution in [3.05, 3.63) is 34.3 Å². The molecule has 0 heterocycles. The third-order valence-corrected chi connectivity index (χ3v) is 11.4. The molecule has 0 unspecified atom stereocenters. The maximum absolute atomic E-state index is 12.8. The SMILES string of the molecule is CN(C(=O)c1ccc(Br)cc1)C1CCC(C)(O[Si](C)(C)C(C)(C)C)CC1. The molecule has 5 heteroatoms. The molecule has 0 aromatic heterocycles. The van der Waals surface area contributed by atoms with Crippen LogP contribution in [0.5, 0.6) is 0 Å². The van der Waals surface area contributed by atoms with Crippen LogP contribution in [0.3, 0.4) is 0 Å². The van der Waals surface area contributed by atoms with Crippen molar-refractivity contribution in [3.63, 3.8) is 0 Å².